The molecule has 0 fully saturated rings. The van der Waals surface area contributed by atoms with Crippen LogP contribution >= 0.6 is 31.9 Å². The topological polar surface area (TPSA) is 77.1 Å². The molecule has 0 amide bonds. The first-order chi connectivity index (χ1) is 13.9. The number of hydrogen-bond donors (Lipinski definition) is 1. The highest BCUT2D eigenvalue weighted by Crippen LogP contribution is 2.39. The number of halogens is 2. The van der Waals surface area contributed by atoms with Gasteiger partial charge in [-0.25, -0.2) is 9.86 Å². The van der Waals surface area contributed by atoms with Crippen molar-refractivity contribution in [3.8, 4) is 11.5 Å². The highest BCUT2D eigenvalue weighted by Gasteiger charge is 2.29. The zero-order chi connectivity index (χ0) is 21.0. The monoisotopic (exact) mass is 526 g/mol. The summed E-state index contributed by atoms with van der Waals surface area (Å²) in [6, 6.07) is 9.03. The van der Waals surface area contributed by atoms with Gasteiger partial charge >= 0.3 is 5.97 Å². The second-order valence-electron chi connectivity index (χ2n) is 6.26. The van der Waals surface area contributed by atoms with Gasteiger partial charge in [-0.1, -0.05) is 31.9 Å². The number of ketones is 1. The highest BCUT2D eigenvalue weighted by molar-refractivity contribution is 9.10. The lowest BCUT2D eigenvalue weighted by molar-refractivity contribution is -0.145. The molecule has 0 saturated carbocycles. The molecule has 0 aliphatic carbocycles. The highest BCUT2D eigenvalue weighted by atomic mass is 79.9. The third-order valence-corrected chi connectivity index (χ3v) is 5.32. The van der Waals surface area contributed by atoms with Gasteiger partial charge in [-0.05, 0) is 30.3 Å². The maximum Gasteiger partial charge on any atom is 0.334 e. The van der Waals surface area contributed by atoms with E-state index < -0.39 is 5.97 Å². The van der Waals surface area contributed by atoms with E-state index in [1.54, 1.807) is 19.2 Å². The predicted molar refractivity (Wildman–Crippen MR) is 117 cm³/mol. The first-order valence-corrected chi connectivity index (χ1v) is 10.5. The largest absolute Gasteiger partial charge is 0.495 e. The third-order valence-electron chi connectivity index (χ3n) is 4.37. The number of Topliss-reactive ketones (excluding diaryl/α,β-unsaturated/α-hetero) is 1. The van der Waals surface area contributed by atoms with Crippen LogP contribution in [0.5, 0.6) is 11.5 Å². The van der Waals surface area contributed by atoms with Crippen molar-refractivity contribution in [3.63, 3.8) is 0 Å². The van der Waals surface area contributed by atoms with Gasteiger partial charge in [0.2, 0.25) is 0 Å². The molecule has 7 nitrogen and oxygen atoms in total. The lowest BCUT2D eigenvalue weighted by atomic mass is 10.0. The number of methoxy groups -OCH3 is 2. The molecule has 0 atom stereocenters. The van der Waals surface area contributed by atoms with Crippen LogP contribution in [-0.2, 0) is 9.63 Å². The van der Waals surface area contributed by atoms with Crippen LogP contribution in [0.3, 0.4) is 0 Å². The summed E-state index contributed by atoms with van der Waals surface area (Å²) in [6.07, 6.45) is 0.395. The number of nitrogens with one attached hydrogen (secondary N) is 1. The number of hydrogen-bond acceptors (Lipinski definition) is 7. The van der Waals surface area contributed by atoms with Crippen molar-refractivity contribution in [1.29, 1.82) is 0 Å². The zero-order valence-corrected chi connectivity index (χ0v) is 19.1. The van der Waals surface area contributed by atoms with Gasteiger partial charge in [-0.2, -0.15) is 0 Å². The summed E-state index contributed by atoms with van der Waals surface area (Å²) in [7, 11) is 3.10. The summed E-state index contributed by atoms with van der Waals surface area (Å²) in [5, 5.41) is 4.60. The number of carbonyl (C=O) groups is 2. The van der Waals surface area contributed by atoms with Crippen molar-refractivity contribution in [3.05, 3.63) is 44.8 Å². The van der Waals surface area contributed by atoms with Crippen LogP contribution in [0.2, 0.25) is 0 Å². The van der Waals surface area contributed by atoms with Gasteiger partial charge in [0.25, 0.3) is 0 Å². The van der Waals surface area contributed by atoms with Crippen LogP contribution in [0.15, 0.2) is 39.3 Å². The Morgan fingerprint density at radius 1 is 1.10 bits per heavy atom. The lowest BCUT2D eigenvalue weighted by Crippen LogP contribution is -2.35. The minimum atomic E-state index is -0.418. The molecule has 1 aliphatic heterocycles. The molecule has 1 aliphatic rings. The molecule has 1 heterocycles. The van der Waals surface area contributed by atoms with E-state index in [1.807, 2.05) is 18.2 Å². The Kier molecular flexibility index (Phi) is 7.02. The SMILES string of the molecule is COc1cc(Br)ccc1NCCC(=O)ON1CCC(=O)c2cc(Br)cc(OC)c21. The van der Waals surface area contributed by atoms with Crippen LogP contribution in [0.4, 0.5) is 11.4 Å². The average molecular weight is 528 g/mol. The van der Waals surface area contributed by atoms with Crippen molar-refractivity contribution in [2.24, 2.45) is 0 Å². The van der Waals surface area contributed by atoms with E-state index in [0.29, 0.717) is 29.3 Å². The van der Waals surface area contributed by atoms with E-state index in [-0.39, 0.29) is 25.2 Å². The summed E-state index contributed by atoms with van der Waals surface area (Å²) in [4.78, 5) is 30.2. The number of anilines is 2. The molecule has 0 bridgehead atoms. The molecule has 154 valence electrons. The number of carbonyl (C=O) groups excluding carboxylic acids is 2. The summed E-state index contributed by atoms with van der Waals surface area (Å²) in [6.45, 7) is 0.650. The quantitative estimate of drug-likeness (QED) is 0.564. The van der Waals surface area contributed by atoms with Crippen molar-refractivity contribution >= 4 is 55.0 Å². The Balaban J connectivity index is 1.65. The van der Waals surface area contributed by atoms with Gasteiger partial charge < -0.3 is 19.6 Å². The molecule has 3 rings (SSSR count). The summed E-state index contributed by atoms with van der Waals surface area (Å²) in [5.74, 6) is 0.703. The van der Waals surface area contributed by atoms with Gasteiger partial charge in [0.15, 0.2) is 5.78 Å². The Hall–Kier alpha value is -2.26. The molecule has 2 aromatic rings. The molecule has 29 heavy (non-hydrogen) atoms. The van der Waals surface area contributed by atoms with Crippen molar-refractivity contribution in [2.75, 3.05) is 37.7 Å². The fourth-order valence-electron chi connectivity index (χ4n) is 3.02. The fourth-order valence-corrected chi connectivity index (χ4v) is 3.80. The van der Waals surface area contributed by atoms with Crippen molar-refractivity contribution in [1.82, 2.24) is 0 Å². The van der Waals surface area contributed by atoms with Crippen molar-refractivity contribution < 1.29 is 23.9 Å². The lowest BCUT2D eigenvalue weighted by Gasteiger charge is -2.30. The molecule has 0 unspecified atom stereocenters. The van der Waals surface area contributed by atoms with Crippen LogP contribution in [-0.4, -0.2) is 39.1 Å². The van der Waals surface area contributed by atoms with E-state index in [9.17, 15) is 9.59 Å². The predicted octanol–water partition coefficient (Wildman–Crippen LogP) is 4.58. The summed E-state index contributed by atoms with van der Waals surface area (Å²) in [5.41, 5.74) is 1.72. The number of benzene rings is 2. The van der Waals surface area contributed by atoms with E-state index in [1.165, 1.54) is 12.2 Å². The van der Waals surface area contributed by atoms with Crippen LogP contribution in [0.1, 0.15) is 23.2 Å². The number of fused-ring (bicyclic) bond motifs is 1. The van der Waals surface area contributed by atoms with Crippen LogP contribution in [0.25, 0.3) is 0 Å². The molecule has 0 aromatic heterocycles. The Labute approximate surface area is 185 Å². The van der Waals surface area contributed by atoms with Gasteiger partial charge in [-0.3, -0.25) is 4.79 Å². The number of rotatable bonds is 7. The minimum absolute atomic E-state index is 0.0177. The Bertz CT molecular complexity index is 935. The molecular formula is C20H20Br2N2O5. The van der Waals surface area contributed by atoms with Gasteiger partial charge in [0.05, 0.1) is 32.9 Å². The Morgan fingerprint density at radius 2 is 1.83 bits per heavy atom. The molecule has 0 saturated heterocycles. The smallest absolute Gasteiger partial charge is 0.334 e. The van der Waals surface area contributed by atoms with E-state index in [4.69, 9.17) is 14.3 Å². The molecule has 0 spiro atoms. The van der Waals surface area contributed by atoms with Gasteiger partial charge in [-0.15, -0.1) is 0 Å². The fraction of sp³-hybridized carbons (Fsp3) is 0.300. The van der Waals surface area contributed by atoms with E-state index in [2.05, 4.69) is 37.2 Å². The normalized spacial score (nSPS) is 13.0. The molecule has 2 aromatic carbocycles. The number of ether oxygens (including phenoxy) is 2. The summed E-state index contributed by atoms with van der Waals surface area (Å²) < 4.78 is 12.3. The van der Waals surface area contributed by atoms with E-state index in [0.717, 1.165) is 14.6 Å². The summed E-state index contributed by atoms with van der Waals surface area (Å²) >= 11 is 6.77. The van der Waals surface area contributed by atoms with Gasteiger partial charge in [0.1, 0.15) is 17.2 Å². The first-order valence-electron chi connectivity index (χ1n) is 8.89. The van der Waals surface area contributed by atoms with Crippen LogP contribution < -0.4 is 19.9 Å². The minimum Gasteiger partial charge on any atom is -0.495 e. The maximum absolute atomic E-state index is 12.4. The van der Waals surface area contributed by atoms with Crippen molar-refractivity contribution in [2.45, 2.75) is 12.8 Å². The standard InChI is InChI=1S/C20H20Br2N2O5/c1-27-17-10-12(21)3-4-15(17)23-7-5-19(26)29-24-8-6-16(25)14-9-13(22)11-18(28-2)20(14)24/h3-4,9-11,23H,5-8H2,1-2H3. The first kappa shape index (κ1) is 21.4. The third kappa shape index (κ3) is 5.02. The molecule has 1 N–H and O–H groups in total. The molecule has 9 heteroatoms. The number of nitrogens with zero attached hydrogens (tertiary/aromatic N) is 1. The molecule has 0 radical (unpaired) electrons. The van der Waals surface area contributed by atoms with Crippen LogP contribution in [0, 0.1) is 0 Å². The second-order valence-corrected chi connectivity index (χ2v) is 8.10. The number of hydroxylamine groups is 1. The maximum atomic E-state index is 12.4. The Morgan fingerprint density at radius 3 is 2.55 bits per heavy atom. The van der Waals surface area contributed by atoms with Gasteiger partial charge in [0, 0.05) is 27.5 Å². The second kappa shape index (κ2) is 9.49. The average Bonchev–Trinajstić information content (AvgIpc) is 2.70. The van der Waals surface area contributed by atoms with E-state index >= 15 is 0 Å². The zero-order valence-electron chi connectivity index (χ0n) is 16.0. The molecular weight excluding hydrogens is 508 g/mol.